The summed E-state index contributed by atoms with van der Waals surface area (Å²) >= 11 is 0. The van der Waals surface area contributed by atoms with Gasteiger partial charge in [-0.05, 0) is 12.8 Å². The van der Waals surface area contributed by atoms with Crippen LogP contribution in [0.4, 0.5) is 0 Å². The van der Waals surface area contributed by atoms with Crippen molar-refractivity contribution in [1.29, 1.82) is 0 Å². The van der Waals surface area contributed by atoms with Crippen LogP contribution in [0.15, 0.2) is 0 Å². The number of ether oxygens (including phenoxy) is 1. The molecule has 0 saturated heterocycles. The molecule has 1 atom stereocenters. The van der Waals surface area contributed by atoms with E-state index in [4.69, 9.17) is 14.5 Å². The Morgan fingerprint density at radius 1 is 1.42 bits per heavy atom. The van der Waals surface area contributed by atoms with E-state index >= 15 is 0 Å². The highest BCUT2D eigenvalue weighted by molar-refractivity contribution is 7.46. The summed E-state index contributed by atoms with van der Waals surface area (Å²) in [4.78, 5) is 16.9. The lowest BCUT2D eigenvalue weighted by Crippen LogP contribution is -2.15. The molecule has 0 fully saturated rings. The summed E-state index contributed by atoms with van der Waals surface area (Å²) in [6, 6.07) is 0. The minimum Gasteiger partial charge on any atom is -0.352 e. The molecular formula is C6H15O5P. The second-order valence-electron chi connectivity index (χ2n) is 2.30. The zero-order valence-corrected chi connectivity index (χ0v) is 8.16. The lowest BCUT2D eigenvalue weighted by atomic mass is 10.5. The Kier molecular flexibility index (Phi) is 5.70. The van der Waals surface area contributed by atoms with E-state index in [9.17, 15) is 4.57 Å². The van der Waals surface area contributed by atoms with Crippen molar-refractivity contribution in [3.8, 4) is 0 Å². The van der Waals surface area contributed by atoms with E-state index in [-0.39, 0.29) is 0 Å². The second kappa shape index (κ2) is 5.67. The Morgan fingerprint density at radius 3 is 2.33 bits per heavy atom. The second-order valence-corrected chi connectivity index (χ2v) is 3.50. The third kappa shape index (κ3) is 6.76. The summed E-state index contributed by atoms with van der Waals surface area (Å²) in [6.07, 6.45) is 0.414. The molecular weight excluding hydrogens is 183 g/mol. The molecule has 0 bridgehead atoms. The van der Waals surface area contributed by atoms with Crippen LogP contribution >= 0.6 is 7.82 Å². The molecule has 0 spiro atoms. The summed E-state index contributed by atoms with van der Waals surface area (Å²) in [5, 5.41) is 0. The van der Waals surface area contributed by atoms with Gasteiger partial charge in [0.15, 0.2) is 6.29 Å². The third-order valence-corrected chi connectivity index (χ3v) is 1.61. The van der Waals surface area contributed by atoms with Crippen molar-refractivity contribution in [2.45, 2.75) is 33.0 Å². The summed E-state index contributed by atoms with van der Waals surface area (Å²) in [6.45, 7) is 4.08. The predicted octanol–water partition coefficient (Wildman–Crippen LogP) is 1.26. The van der Waals surface area contributed by atoms with Crippen LogP contribution in [0.1, 0.15) is 26.7 Å². The Bertz CT molecular complexity index is 154. The first-order chi connectivity index (χ1) is 5.49. The van der Waals surface area contributed by atoms with E-state index < -0.39 is 14.1 Å². The van der Waals surface area contributed by atoms with Gasteiger partial charge in [-0.15, -0.1) is 0 Å². The topological polar surface area (TPSA) is 76.0 Å². The molecule has 0 aliphatic rings. The van der Waals surface area contributed by atoms with Crippen molar-refractivity contribution >= 4 is 7.82 Å². The molecule has 0 heterocycles. The normalized spacial score (nSPS) is 14.7. The first-order valence-electron chi connectivity index (χ1n) is 3.85. The number of hydrogen-bond acceptors (Lipinski definition) is 3. The maximum atomic E-state index is 10.4. The fourth-order valence-corrected chi connectivity index (χ4v) is 1.14. The van der Waals surface area contributed by atoms with E-state index in [1.165, 1.54) is 0 Å². The summed E-state index contributed by atoms with van der Waals surface area (Å²) in [5.74, 6) is 0. The molecule has 74 valence electrons. The highest BCUT2D eigenvalue weighted by atomic mass is 31.2. The average Bonchev–Trinajstić information content (AvgIpc) is 1.95. The number of phosphoric ester groups is 1. The Morgan fingerprint density at radius 2 is 2.00 bits per heavy atom. The molecule has 1 unspecified atom stereocenters. The van der Waals surface area contributed by atoms with E-state index in [2.05, 4.69) is 4.52 Å². The van der Waals surface area contributed by atoms with Gasteiger partial charge in [-0.2, -0.15) is 0 Å². The molecule has 0 aliphatic heterocycles. The molecule has 0 amide bonds. The van der Waals surface area contributed by atoms with Gasteiger partial charge >= 0.3 is 7.82 Å². The minimum atomic E-state index is -4.40. The van der Waals surface area contributed by atoms with Gasteiger partial charge in [0.05, 0.1) is 0 Å². The van der Waals surface area contributed by atoms with Crippen molar-refractivity contribution in [3.63, 3.8) is 0 Å². The minimum absolute atomic E-state index is 0.422. The van der Waals surface area contributed by atoms with Crippen molar-refractivity contribution in [1.82, 2.24) is 0 Å². The molecule has 0 radical (unpaired) electrons. The fourth-order valence-electron chi connectivity index (χ4n) is 0.625. The summed E-state index contributed by atoms with van der Waals surface area (Å²) in [5.41, 5.74) is 0. The van der Waals surface area contributed by atoms with Crippen molar-refractivity contribution in [2.24, 2.45) is 0 Å². The molecule has 0 aromatic rings. The average molecular weight is 198 g/mol. The Balaban J connectivity index is 3.75. The Labute approximate surface area is 71.9 Å². The van der Waals surface area contributed by atoms with Gasteiger partial charge in [-0.1, -0.05) is 13.8 Å². The van der Waals surface area contributed by atoms with Crippen LogP contribution in [0.5, 0.6) is 0 Å². The van der Waals surface area contributed by atoms with E-state index in [0.29, 0.717) is 13.0 Å². The van der Waals surface area contributed by atoms with Gasteiger partial charge in [0.1, 0.15) is 0 Å². The van der Waals surface area contributed by atoms with Gasteiger partial charge < -0.3 is 14.5 Å². The SMILES string of the molecule is CCCOC(CC)OP(=O)(O)O. The van der Waals surface area contributed by atoms with Crippen LogP contribution in [0.2, 0.25) is 0 Å². The highest BCUT2D eigenvalue weighted by Gasteiger charge is 2.20. The van der Waals surface area contributed by atoms with Gasteiger partial charge in [0, 0.05) is 6.61 Å². The first-order valence-corrected chi connectivity index (χ1v) is 5.38. The maximum Gasteiger partial charge on any atom is 0.471 e. The molecule has 0 aliphatic carbocycles. The monoisotopic (exact) mass is 198 g/mol. The third-order valence-electron chi connectivity index (χ3n) is 1.10. The lowest BCUT2D eigenvalue weighted by Gasteiger charge is -2.16. The largest absolute Gasteiger partial charge is 0.471 e. The molecule has 0 aromatic heterocycles. The van der Waals surface area contributed by atoms with Crippen molar-refractivity contribution in [3.05, 3.63) is 0 Å². The van der Waals surface area contributed by atoms with Gasteiger partial charge in [-0.25, -0.2) is 4.57 Å². The van der Waals surface area contributed by atoms with Crippen LogP contribution in [0, 0.1) is 0 Å². The molecule has 5 nitrogen and oxygen atoms in total. The smallest absolute Gasteiger partial charge is 0.352 e. The van der Waals surface area contributed by atoms with E-state index in [1.54, 1.807) is 6.92 Å². The molecule has 2 N–H and O–H groups in total. The van der Waals surface area contributed by atoms with E-state index in [1.807, 2.05) is 6.92 Å². The molecule has 0 rings (SSSR count). The molecule has 6 heteroatoms. The van der Waals surface area contributed by atoms with Crippen LogP contribution in [-0.4, -0.2) is 22.7 Å². The quantitative estimate of drug-likeness (QED) is 0.496. The van der Waals surface area contributed by atoms with Crippen LogP contribution in [0.3, 0.4) is 0 Å². The zero-order valence-electron chi connectivity index (χ0n) is 7.27. The molecule has 0 saturated carbocycles. The maximum absolute atomic E-state index is 10.4. The van der Waals surface area contributed by atoms with Crippen molar-refractivity contribution in [2.75, 3.05) is 6.61 Å². The van der Waals surface area contributed by atoms with Gasteiger partial charge in [0.25, 0.3) is 0 Å². The predicted molar refractivity (Wildman–Crippen MR) is 43.5 cm³/mol. The highest BCUT2D eigenvalue weighted by Crippen LogP contribution is 2.38. The zero-order chi connectivity index (χ0) is 9.61. The van der Waals surface area contributed by atoms with Gasteiger partial charge in [0.2, 0.25) is 0 Å². The Hall–Kier alpha value is 0.0700. The fraction of sp³-hybridized carbons (Fsp3) is 1.00. The van der Waals surface area contributed by atoms with Crippen molar-refractivity contribution < 1.29 is 23.6 Å². The standard InChI is InChI=1S/C6H15O5P/c1-3-5-10-6(4-2)11-12(7,8)9/h6H,3-5H2,1-2H3,(H2,7,8,9). The van der Waals surface area contributed by atoms with Crippen LogP contribution in [0.25, 0.3) is 0 Å². The summed E-state index contributed by atoms with van der Waals surface area (Å²) < 4.78 is 19.7. The molecule has 0 aromatic carbocycles. The van der Waals surface area contributed by atoms with Crippen LogP contribution < -0.4 is 0 Å². The number of hydrogen-bond donors (Lipinski definition) is 2. The van der Waals surface area contributed by atoms with Crippen LogP contribution in [-0.2, 0) is 13.8 Å². The lowest BCUT2D eigenvalue weighted by molar-refractivity contribution is -0.0933. The van der Waals surface area contributed by atoms with E-state index in [0.717, 1.165) is 6.42 Å². The van der Waals surface area contributed by atoms with Gasteiger partial charge in [-0.3, -0.25) is 4.52 Å². The number of phosphoric acid groups is 1. The summed E-state index contributed by atoms with van der Waals surface area (Å²) in [7, 11) is -4.40. The first kappa shape index (κ1) is 12.1. The number of rotatable bonds is 6. The molecule has 12 heavy (non-hydrogen) atoms.